The molecule has 70 heavy (non-hydrogen) atoms. The maximum absolute atomic E-state index is 12.8. The molecule has 0 saturated heterocycles. The summed E-state index contributed by atoms with van der Waals surface area (Å²) in [6.45, 7) is 5.73. The normalized spacial score (nSPS) is 13.4. The highest BCUT2D eigenvalue weighted by atomic mass is 31.2. The summed E-state index contributed by atoms with van der Waals surface area (Å²) in [6, 6.07) is 0. The molecular formula is C59H106NO9P. The van der Waals surface area contributed by atoms with Crippen molar-refractivity contribution in [2.45, 2.75) is 271 Å². The molecule has 0 aliphatic carbocycles. The van der Waals surface area contributed by atoms with Crippen molar-refractivity contribution >= 4 is 25.7 Å². The zero-order chi connectivity index (χ0) is 51.1. The van der Waals surface area contributed by atoms with Crippen molar-refractivity contribution in [2.75, 3.05) is 26.4 Å². The molecule has 0 fully saturated rings. The van der Waals surface area contributed by atoms with Crippen LogP contribution in [0.5, 0.6) is 0 Å². The lowest BCUT2D eigenvalue weighted by atomic mass is 10.0. The predicted molar refractivity (Wildman–Crippen MR) is 294 cm³/mol. The van der Waals surface area contributed by atoms with E-state index in [1.807, 2.05) is 0 Å². The summed E-state index contributed by atoms with van der Waals surface area (Å²) in [4.78, 5) is 48.2. The van der Waals surface area contributed by atoms with Gasteiger partial charge in [0.15, 0.2) is 6.10 Å². The predicted octanol–water partition coefficient (Wildman–Crippen LogP) is 17.4. The minimum absolute atomic E-state index is 0.0300. The molecule has 0 spiro atoms. The lowest BCUT2D eigenvalue weighted by molar-refractivity contribution is -0.161. The van der Waals surface area contributed by atoms with Gasteiger partial charge in [0.25, 0.3) is 0 Å². The standard InChI is InChI=1S/C59H106NO9P/c1-4-7-10-13-16-19-22-25-27-28-30-32-34-37-40-43-46-49-57(61)60-52-53-67-70(64,65)68-55-56(54-66-58(62)50-47-44-41-38-35-31-24-21-18-15-12-9-6-3)69-59(63)51-48-45-42-39-36-33-29-26-23-20-17-14-11-8-5-2/h16,19,25-27,29-30,32,37,40,56H,4-15,17-18,20-24,28,31,33-36,38-39,41-55H2,1-3H3,(H,60,61)(H,64,65)/b19-16-,27-25-,29-26-,32-30-,40-37-/t56-/m1/s1. The number of phosphoric ester groups is 1. The molecular weight excluding hydrogens is 898 g/mol. The Morgan fingerprint density at radius 3 is 1.30 bits per heavy atom. The van der Waals surface area contributed by atoms with Crippen molar-refractivity contribution in [2.24, 2.45) is 0 Å². The average molecular weight is 1000 g/mol. The van der Waals surface area contributed by atoms with E-state index in [1.165, 1.54) is 128 Å². The van der Waals surface area contributed by atoms with Crippen LogP contribution in [0, 0.1) is 0 Å². The summed E-state index contributed by atoms with van der Waals surface area (Å²) in [5.41, 5.74) is 0. The summed E-state index contributed by atoms with van der Waals surface area (Å²) >= 11 is 0. The van der Waals surface area contributed by atoms with E-state index in [9.17, 15) is 23.8 Å². The highest BCUT2D eigenvalue weighted by Crippen LogP contribution is 2.43. The van der Waals surface area contributed by atoms with Crippen LogP contribution < -0.4 is 5.32 Å². The quantitative estimate of drug-likeness (QED) is 0.0264. The Kier molecular flexibility index (Phi) is 51.9. The van der Waals surface area contributed by atoms with Gasteiger partial charge >= 0.3 is 19.8 Å². The highest BCUT2D eigenvalue weighted by molar-refractivity contribution is 7.47. The Bertz CT molecular complexity index is 1390. The number of nitrogens with one attached hydrogen (secondary N) is 1. The molecule has 0 radical (unpaired) electrons. The molecule has 1 amide bonds. The van der Waals surface area contributed by atoms with Gasteiger partial charge in [-0.15, -0.1) is 0 Å². The van der Waals surface area contributed by atoms with E-state index in [1.54, 1.807) is 0 Å². The van der Waals surface area contributed by atoms with E-state index < -0.39 is 32.5 Å². The van der Waals surface area contributed by atoms with Crippen LogP contribution in [0.25, 0.3) is 0 Å². The van der Waals surface area contributed by atoms with E-state index in [2.05, 4.69) is 86.8 Å². The van der Waals surface area contributed by atoms with Gasteiger partial charge in [-0.1, -0.05) is 223 Å². The molecule has 0 aromatic heterocycles. The summed E-state index contributed by atoms with van der Waals surface area (Å²) in [7, 11) is -4.56. The van der Waals surface area contributed by atoms with Gasteiger partial charge in [-0.2, -0.15) is 0 Å². The van der Waals surface area contributed by atoms with Crippen molar-refractivity contribution in [1.82, 2.24) is 5.32 Å². The topological polar surface area (TPSA) is 137 Å². The van der Waals surface area contributed by atoms with Crippen LogP contribution in [0.1, 0.15) is 265 Å². The number of hydrogen-bond donors (Lipinski definition) is 2. The Morgan fingerprint density at radius 1 is 0.443 bits per heavy atom. The molecule has 2 N–H and O–H groups in total. The number of carbonyl (C=O) groups excluding carboxylic acids is 3. The van der Waals surface area contributed by atoms with Crippen LogP contribution in [0.15, 0.2) is 60.8 Å². The number of rotatable bonds is 53. The number of ether oxygens (including phenoxy) is 2. The maximum atomic E-state index is 12.8. The minimum Gasteiger partial charge on any atom is -0.462 e. The van der Waals surface area contributed by atoms with E-state index >= 15 is 0 Å². The van der Waals surface area contributed by atoms with Crippen molar-refractivity contribution < 1.29 is 42.4 Å². The average Bonchev–Trinajstić information content (AvgIpc) is 3.34. The molecule has 0 rings (SSSR count). The van der Waals surface area contributed by atoms with Gasteiger partial charge in [0.05, 0.1) is 13.2 Å². The van der Waals surface area contributed by atoms with Gasteiger partial charge in [-0.05, 0) is 83.5 Å². The number of carbonyl (C=O) groups is 3. The molecule has 0 aliphatic rings. The van der Waals surface area contributed by atoms with Crippen LogP contribution in [0.3, 0.4) is 0 Å². The lowest BCUT2D eigenvalue weighted by Gasteiger charge is -2.20. The molecule has 11 heteroatoms. The summed E-state index contributed by atoms with van der Waals surface area (Å²) in [5.74, 6) is -1.05. The first kappa shape index (κ1) is 67.2. The van der Waals surface area contributed by atoms with Crippen LogP contribution in [0.4, 0.5) is 0 Å². The van der Waals surface area contributed by atoms with Gasteiger partial charge < -0.3 is 19.7 Å². The van der Waals surface area contributed by atoms with Gasteiger partial charge in [0.1, 0.15) is 6.61 Å². The number of esters is 2. The van der Waals surface area contributed by atoms with E-state index in [4.69, 9.17) is 18.5 Å². The zero-order valence-corrected chi connectivity index (χ0v) is 46.1. The largest absolute Gasteiger partial charge is 0.472 e. The van der Waals surface area contributed by atoms with Crippen molar-refractivity contribution in [3.63, 3.8) is 0 Å². The van der Waals surface area contributed by atoms with Crippen LogP contribution >= 0.6 is 7.82 Å². The molecule has 0 saturated carbocycles. The minimum atomic E-state index is -4.56. The molecule has 0 aliphatic heterocycles. The first-order valence-electron chi connectivity index (χ1n) is 28.7. The van der Waals surface area contributed by atoms with Gasteiger partial charge in [0, 0.05) is 25.8 Å². The Hall–Kier alpha value is -2.78. The first-order chi connectivity index (χ1) is 34.2. The fraction of sp³-hybridized carbons (Fsp3) is 0.780. The van der Waals surface area contributed by atoms with Crippen molar-refractivity contribution in [3.05, 3.63) is 60.8 Å². The Labute approximate surface area is 429 Å². The van der Waals surface area contributed by atoms with Gasteiger partial charge in [-0.3, -0.25) is 23.4 Å². The molecule has 0 bridgehead atoms. The van der Waals surface area contributed by atoms with E-state index in [0.29, 0.717) is 25.7 Å². The third-order valence-electron chi connectivity index (χ3n) is 12.2. The van der Waals surface area contributed by atoms with Crippen LogP contribution in [-0.2, 0) is 37.5 Å². The summed E-state index contributed by atoms with van der Waals surface area (Å²) in [6.07, 6.45) is 61.6. The molecule has 2 atom stereocenters. The van der Waals surface area contributed by atoms with Gasteiger partial charge in [-0.25, -0.2) is 4.57 Å². The fourth-order valence-electron chi connectivity index (χ4n) is 7.84. The number of allylic oxidation sites excluding steroid dienone is 10. The zero-order valence-electron chi connectivity index (χ0n) is 45.2. The molecule has 1 unspecified atom stereocenters. The second-order valence-electron chi connectivity index (χ2n) is 19.1. The maximum Gasteiger partial charge on any atom is 0.472 e. The van der Waals surface area contributed by atoms with Crippen molar-refractivity contribution in [1.29, 1.82) is 0 Å². The molecule has 0 aromatic carbocycles. The number of hydrogen-bond acceptors (Lipinski definition) is 8. The van der Waals surface area contributed by atoms with Gasteiger partial charge in [0.2, 0.25) is 5.91 Å². The second kappa shape index (κ2) is 54.0. The summed E-state index contributed by atoms with van der Waals surface area (Å²) < 4.78 is 34.1. The smallest absolute Gasteiger partial charge is 0.462 e. The number of phosphoric acid groups is 1. The Morgan fingerprint density at radius 2 is 0.814 bits per heavy atom. The molecule has 406 valence electrons. The monoisotopic (exact) mass is 1000 g/mol. The fourth-order valence-corrected chi connectivity index (χ4v) is 8.59. The van der Waals surface area contributed by atoms with Crippen molar-refractivity contribution in [3.8, 4) is 0 Å². The van der Waals surface area contributed by atoms with Crippen LogP contribution in [0.2, 0.25) is 0 Å². The lowest BCUT2D eigenvalue weighted by Crippen LogP contribution is -2.30. The first-order valence-corrected chi connectivity index (χ1v) is 30.2. The SMILES string of the molecule is CCCCC/C=C\C/C=C\C/C=C\C/C=C\CCCC(=O)NCCOP(=O)(O)OC[C@@H](COC(=O)CCCCCCCCCCCCCCC)OC(=O)CCCCCCC/C=C\CCCCCCCC. The Balaban J connectivity index is 4.56. The highest BCUT2D eigenvalue weighted by Gasteiger charge is 2.26. The van der Waals surface area contributed by atoms with Crippen LogP contribution in [-0.4, -0.2) is 55.2 Å². The number of amides is 1. The second-order valence-corrected chi connectivity index (χ2v) is 20.5. The van der Waals surface area contributed by atoms with E-state index in [0.717, 1.165) is 77.0 Å². The summed E-state index contributed by atoms with van der Waals surface area (Å²) in [5, 5.41) is 2.71. The van der Waals surface area contributed by atoms with E-state index in [-0.39, 0.29) is 38.5 Å². The third kappa shape index (κ3) is 53.0. The molecule has 0 heterocycles. The third-order valence-corrected chi connectivity index (χ3v) is 13.2. The number of unbranched alkanes of at least 4 members (excludes halogenated alkanes) is 27. The molecule has 0 aromatic rings. The molecule has 10 nitrogen and oxygen atoms in total.